The smallest absolute Gasteiger partial charge is 0.321 e. The first-order chi connectivity index (χ1) is 13.9. The van der Waals surface area contributed by atoms with E-state index in [-0.39, 0.29) is 23.5 Å². The summed E-state index contributed by atoms with van der Waals surface area (Å²) in [5.74, 6) is -1.02. The second-order valence-corrected chi connectivity index (χ2v) is 8.91. The molecule has 1 aliphatic rings. The van der Waals surface area contributed by atoms with Crippen LogP contribution in [-0.2, 0) is 24.3 Å². The van der Waals surface area contributed by atoms with Crippen LogP contribution in [0, 0.1) is 0 Å². The lowest BCUT2D eigenvalue weighted by Gasteiger charge is -2.35. The van der Waals surface area contributed by atoms with Crippen molar-refractivity contribution in [2.45, 2.75) is 43.5 Å². The van der Waals surface area contributed by atoms with E-state index in [0.717, 1.165) is 36.5 Å². The van der Waals surface area contributed by atoms with E-state index < -0.39 is 22.5 Å². The average molecular weight is 419 g/mol. The van der Waals surface area contributed by atoms with Gasteiger partial charge in [0.15, 0.2) is 6.61 Å². The monoisotopic (exact) mass is 418 g/mol. The number of fused-ring (bicyclic) bond motifs is 1. The molecule has 3 rings (SSSR count). The third-order valence-corrected chi connectivity index (χ3v) is 6.61. The van der Waals surface area contributed by atoms with Gasteiger partial charge in [0.05, 0.1) is 4.90 Å². The predicted molar refractivity (Wildman–Crippen MR) is 110 cm³/mol. The molecule has 1 N–H and O–H groups in total. The maximum Gasteiger partial charge on any atom is 0.321 e. The Balaban J connectivity index is 1.53. The summed E-state index contributed by atoms with van der Waals surface area (Å²) in [7, 11) is -3.86. The Morgan fingerprint density at radius 1 is 1.14 bits per heavy atom. The number of carbonyl (C=O) groups excluding carboxylic acids is 2. The molecule has 1 saturated heterocycles. The van der Waals surface area contributed by atoms with Gasteiger partial charge in [-0.3, -0.25) is 9.59 Å². The summed E-state index contributed by atoms with van der Waals surface area (Å²) in [6.45, 7) is 1.81. The van der Waals surface area contributed by atoms with E-state index >= 15 is 0 Å². The molecule has 0 unspecified atom stereocenters. The number of benzene rings is 2. The number of likely N-dealkylation sites (tertiary alicyclic amines) is 1. The van der Waals surface area contributed by atoms with Gasteiger partial charge in [-0.15, -0.1) is 0 Å². The van der Waals surface area contributed by atoms with E-state index in [4.69, 9.17) is 4.74 Å². The van der Waals surface area contributed by atoms with Gasteiger partial charge in [-0.25, -0.2) is 8.42 Å². The van der Waals surface area contributed by atoms with Crippen molar-refractivity contribution in [1.82, 2.24) is 9.62 Å². The minimum Gasteiger partial charge on any atom is -0.455 e. The number of ether oxygens (including phenoxy) is 1. The van der Waals surface area contributed by atoms with Gasteiger partial charge >= 0.3 is 5.97 Å². The number of sulfonamides is 1. The largest absolute Gasteiger partial charge is 0.455 e. The standard InChI is InChI=1S/C21H26N2O5S/c1-2-18-9-5-6-12-23(18)20(24)15-28-21(25)14-22-29(26,27)19-11-10-16-7-3-4-8-17(16)13-19/h3-4,7-8,10-11,13,18,22H,2,5-6,9,12,14-15H2,1H3/t18-/m1/s1. The van der Waals surface area contributed by atoms with Crippen molar-refractivity contribution < 1.29 is 22.7 Å². The molecule has 2 aromatic rings. The summed E-state index contributed by atoms with van der Waals surface area (Å²) in [5, 5.41) is 1.71. The first kappa shape index (κ1) is 21.3. The van der Waals surface area contributed by atoms with Crippen molar-refractivity contribution in [2.75, 3.05) is 19.7 Å². The van der Waals surface area contributed by atoms with E-state index in [1.807, 2.05) is 31.2 Å². The average Bonchev–Trinajstić information content (AvgIpc) is 2.75. The van der Waals surface area contributed by atoms with Crippen LogP contribution in [0.3, 0.4) is 0 Å². The Bertz CT molecular complexity index is 989. The molecule has 1 amide bonds. The molecule has 7 nitrogen and oxygen atoms in total. The molecular formula is C21H26N2O5S. The molecule has 0 aliphatic carbocycles. The maximum absolute atomic E-state index is 12.5. The summed E-state index contributed by atoms with van der Waals surface area (Å²) in [6.07, 6.45) is 3.87. The minimum absolute atomic E-state index is 0.0687. The van der Waals surface area contributed by atoms with Crippen molar-refractivity contribution in [2.24, 2.45) is 0 Å². The van der Waals surface area contributed by atoms with Crippen molar-refractivity contribution in [3.8, 4) is 0 Å². The summed E-state index contributed by atoms with van der Waals surface area (Å²) in [5.41, 5.74) is 0. The van der Waals surface area contributed by atoms with Crippen molar-refractivity contribution in [1.29, 1.82) is 0 Å². The van der Waals surface area contributed by atoms with Crippen molar-refractivity contribution in [3.05, 3.63) is 42.5 Å². The van der Waals surface area contributed by atoms with Gasteiger partial charge in [-0.2, -0.15) is 4.72 Å². The molecule has 0 spiro atoms. The van der Waals surface area contributed by atoms with Gasteiger partial charge in [0.25, 0.3) is 5.91 Å². The van der Waals surface area contributed by atoms with Crippen LogP contribution in [0.15, 0.2) is 47.4 Å². The molecule has 1 aliphatic heterocycles. The van der Waals surface area contributed by atoms with Crippen LogP contribution in [0.25, 0.3) is 10.8 Å². The van der Waals surface area contributed by atoms with Crippen LogP contribution >= 0.6 is 0 Å². The number of rotatable bonds is 7. The first-order valence-electron chi connectivity index (χ1n) is 9.84. The fourth-order valence-corrected chi connectivity index (χ4v) is 4.61. The van der Waals surface area contributed by atoms with Gasteiger partial charge < -0.3 is 9.64 Å². The fourth-order valence-electron chi connectivity index (χ4n) is 3.60. The van der Waals surface area contributed by atoms with Crippen LogP contribution in [0.1, 0.15) is 32.6 Å². The first-order valence-corrected chi connectivity index (χ1v) is 11.3. The fraction of sp³-hybridized carbons (Fsp3) is 0.429. The molecule has 0 saturated carbocycles. The highest BCUT2D eigenvalue weighted by molar-refractivity contribution is 7.89. The Hall–Kier alpha value is -2.45. The lowest BCUT2D eigenvalue weighted by atomic mass is 10.00. The number of hydrogen-bond donors (Lipinski definition) is 1. The lowest BCUT2D eigenvalue weighted by Crippen LogP contribution is -2.45. The molecule has 1 heterocycles. The number of esters is 1. The molecule has 1 fully saturated rings. The SMILES string of the molecule is CC[C@@H]1CCCCN1C(=O)COC(=O)CNS(=O)(=O)c1ccc2ccccc2c1. The topological polar surface area (TPSA) is 92.8 Å². The molecular weight excluding hydrogens is 392 g/mol. The quantitative estimate of drug-likeness (QED) is 0.697. The number of piperidine rings is 1. The van der Waals surface area contributed by atoms with Crippen LogP contribution in [0.5, 0.6) is 0 Å². The van der Waals surface area contributed by atoms with Crippen LogP contribution in [-0.4, -0.2) is 50.9 Å². The van der Waals surface area contributed by atoms with Gasteiger partial charge in [-0.05, 0) is 48.6 Å². The van der Waals surface area contributed by atoms with Crippen molar-refractivity contribution in [3.63, 3.8) is 0 Å². The van der Waals surface area contributed by atoms with E-state index in [1.54, 1.807) is 17.0 Å². The van der Waals surface area contributed by atoms with Crippen molar-refractivity contribution >= 4 is 32.7 Å². The second kappa shape index (κ2) is 9.37. The highest BCUT2D eigenvalue weighted by Gasteiger charge is 2.26. The van der Waals surface area contributed by atoms with Gasteiger partial charge in [0, 0.05) is 12.6 Å². The van der Waals surface area contributed by atoms with Crippen LogP contribution in [0.2, 0.25) is 0 Å². The normalized spacial score (nSPS) is 17.3. The van der Waals surface area contributed by atoms with Gasteiger partial charge in [0.2, 0.25) is 10.0 Å². The molecule has 0 bridgehead atoms. The zero-order chi connectivity index (χ0) is 20.9. The van der Waals surface area contributed by atoms with Crippen LogP contribution in [0.4, 0.5) is 0 Å². The summed E-state index contributed by atoms with van der Waals surface area (Å²) in [4.78, 5) is 26.1. The third-order valence-electron chi connectivity index (χ3n) is 5.21. The Morgan fingerprint density at radius 3 is 2.66 bits per heavy atom. The van der Waals surface area contributed by atoms with Gasteiger partial charge in [0.1, 0.15) is 6.54 Å². The number of carbonyl (C=O) groups is 2. The molecule has 8 heteroatoms. The van der Waals surface area contributed by atoms with E-state index in [9.17, 15) is 18.0 Å². The summed E-state index contributed by atoms with van der Waals surface area (Å²) in [6, 6.07) is 12.3. The Morgan fingerprint density at radius 2 is 1.90 bits per heavy atom. The Kier molecular flexibility index (Phi) is 6.87. The summed E-state index contributed by atoms with van der Waals surface area (Å²) < 4.78 is 32.1. The number of nitrogens with one attached hydrogen (secondary N) is 1. The maximum atomic E-state index is 12.5. The molecule has 156 valence electrons. The molecule has 1 atom stereocenters. The van der Waals surface area contributed by atoms with E-state index in [1.165, 1.54) is 6.07 Å². The highest BCUT2D eigenvalue weighted by atomic mass is 32.2. The Labute approximate surface area is 171 Å². The van der Waals surface area contributed by atoms with E-state index in [2.05, 4.69) is 4.72 Å². The molecule has 0 radical (unpaired) electrons. The third kappa shape index (κ3) is 5.33. The highest BCUT2D eigenvalue weighted by Crippen LogP contribution is 2.20. The molecule has 0 aromatic heterocycles. The van der Waals surface area contributed by atoms with E-state index in [0.29, 0.717) is 6.54 Å². The zero-order valence-corrected chi connectivity index (χ0v) is 17.3. The number of hydrogen-bond acceptors (Lipinski definition) is 5. The second-order valence-electron chi connectivity index (χ2n) is 7.14. The number of nitrogens with zero attached hydrogens (tertiary/aromatic N) is 1. The predicted octanol–water partition coefficient (Wildman–Crippen LogP) is 2.45. The minimum atomic E-state index is -3.86. The summed E-state index contributed by atoms with van der Waals surface area (Å²) >= 11 is 0. The van der Waals surface area contributed by atoms with Gasteiger partial charge in [-0.1, -0.05) is 37.3 Å². The number of amides is 1. The van der Waals surface area contributed by atoms with Crippen LogP contribution < -0.4 is 4.72 Å². The zero-order valence-electron chi connectivity index (χ0n) is 16.5. The molecule has 29 heavy (non-hydrogen) atoms. The lowest BCUT2D eigenvalue weighted by molar-refractivity contribution is -0.152. The molecule has 2 aromatic carbocycles.